The van der Waals surface area contributed by atoms with Crippen LogP contribution in [0.3, 0.4) is 0 Å². The van der Waals surface area contributed by atoms with Gasteiger partial charge in [0.1, 0.15) is 0 Å². The van der Waals surface area contributed by atoms with Crippen molar-refractivity contribution in [3.63, 3.8) is 0 Å². The van der Waals surface area contributed by atoms with Gasteiger partial charge in [0, 0.05) is 12.6 Å². The van der Waals surface area contributed by atoms with E-state index < -0.39 is 5.97 Å². The normalized spacial score (nSPS) is 21.6. The van der Waals surface area contributed by atoms with E-state index in [9.17, 15) is 9.59 Å². The second-order valence-corrected chi connectivity index (χ2v) is 5.70. The highest BCUT2D eigenvalue weighted by Gasteiger charge is 2.26. The maximum atomic E-state index is 11.8. The number of carbonyl (C=O) groups excluding carboxylic acids is 1. The first-order valence-electron chi connectivity index (χ1n) is 7.37. The molecule has 0 bridgehead atoms. The van der Waals surface area contributed by atoms with Gasteiger partial charge in [-0.25, -0.2) is 4.79 Å². The van der Waals surface area contributed by atoms with E-state index in [4.69, 9.17) is 5.11 Å². The minimum atomic E-state index is -0.725. The number of benzene rings is 1. The molecule has 0 spiro atoms. The van der Waals surface area contributed by atoms with Crippen molar-refractivity contribution in [1.29, 1.82) is 0 Å². The molecular weight excluding hydrogens is 268 g/mol. The van der Waals surface area contributed by atoms with Crippen LogP contribution in [0.5, 0.6) is 0 Å². The Kier molecular flexibility index (Phi) is 5.20. The molecule has 1 aliphatic carbocycles. The number of urea groups is 1. The third kappa shape index (κ3) is 4.77. The fraction of sp³-hybridized carbons (Fsp3) is 0.500. The number of aryl methyl sites for hydroxylation is 1. The number of hydrogen-bond acceptors (Lipinski definition) is 2. The van der Waals surface area contributed by atoms with Crippen molar-refractivity contribution >= 4 is 12.0 Å². The highest BCUT2D eigenvalue weighted by atomic mass is 16.4. The molecule has 2 amide bonds. The lowest BCUT2D eigenvalue weighted by Crippen LogP contribution is -2.43. The largest absolute Gasteiger partial charge is 0.481 e. The molecule has 0 unspecified atom stereocenters. The monoisotopic (exact) mass is 290 g/mol. The summed E-state index contributed by atoms with van der Waals surface area (Å²) in [6.45, 7) is 2.52. The van der Waals surface area contributed by atoms with E-state index in [1.807, 2.05) is 31.2 Å². The summed E-state index contributed by atoms with van der Waals surface area (Å²) in [5.41, 5.74) is 2.25. The molecule has 0 aromatic heterocycles. The Morgan fingerprint density at radius 2 is 1.76 bits per heavy atom. The van der Waals surface area contributed by atoms with Gasteiger partial charge in [-0.2, -0.15) is 0 Å². The van der Waals surface area contributed by atoms with Crippen LogP contribution in [-0.2, 0) is 11.3 Å². The minimum Gasteiger partial charge on any atom is -0.481 e. The second kappa shape index (κ2) is 7.11. The van der Waals surface area contributed by atoms with Crippen LogP contribution in [0.1, 0.15) is 36.8 Å². The van der Waals surface area contributed by atoms with Crippen LogP contribution < -0.4 is 10.6 Å². The summed E-state index contributed by atoms with van der Waals surface area (Å²) < 4.78 is 0. The van der Waals surface area contributed by atoms with Crippen molar-refractivity contribution in [2.45, 2.75) is 45.2 Å². The molecular formula is C16H22N2O3. The molecule has 0 saturated heterocycles. The van der Waals surface area contributed by atoms with Gasteiger partial charge in [0.2, 0.25) is 0 Å². The van der Waals surface area contributed by atoms with Crippen molar-refractivity contribution in [1.82, 2.24) is 10.6 Å². The van der Waals surface area contributed by atoms with Crippen molar-refractivity contribution < 1.29 is 14.7 Å². The van der Waals surface area contributed by atoms with Crippen LogP contribution in [0, 0.1) is 12.8 Å². The van der Waals surface area contributed by atoms with E-state index >= 15 is 0 Å². The third-order valence-corrected chi connectivity index (χ3v) is 3.99. The summed E-state index contributed by atoms with van der Waals surface area (Å²) in [6.07, 6.45) is 2.74. The lowest BCUT2D eigenvalue weighted by Gasteiger charge is -2.26. The first kappa shape index (κ1) is 15.4. The van der Waals surface area contributed by atoms with Gasteiger partial charge in [0.15, 0.2) is 0 Å². The maximum absolute atomic E-state index is 11.8. The fourth-order valence-corrected chi connectivity index (χ4v) is 2.61. The number of amides is 2. The Labute approximate surface area is 124 Å². The van der Waals surface area contributed by atoms with Gasteiger partial charge in [-0.1, -0.05) is 29.8 Å². The van der Waals surface area contributed by atoms with Crippen molar-refractivity contribution in [2.75, 3.05) is 0 Å². The van der Waals surface area contributed by atoms with E-state index in [1.165, 1.54) is 5.56 Å². The molecule has 3 N–H and O–H groups in total. The highest BCUT2D eigenvalue weighted by molar-refractivity contribution is 5.74. The third-order valence-electron chi connectivity index (χ3n) is 3.99. The molecule has 5 nitrogen and oxygen atoms in total. The lowest BCUT2D eigenvalue weighted by atomic mass is 9.86. The van der Waals surface area contributed by atoms with Crippen molar-refractivity contribution in [3.8, 4) is 0 Å². The number of nitrogens with one attached hydrogen (secondary N) is 2. The number of carboxylic acid groups (broad SMARTS) is 1. The topological polar surface area (TPSA) is 78.4 Å². The average molecular weight is 290 g/mol. The zero-order valence-electron chi connectivity index (χ0n) is 12.3. The highest BCUT2D eigenvalue weighted by Crippen LogP contribution is 2.24. The lowest BCUT2D eigenvalue weighted by molar-refractivity contribution is -0.142. The van der Waals surface area contributed by atoms with Crippen LogP contribution in [0.25, 0.3) is 0 Å². The molecule has 0 atom stereocenters. The summed E-state index contributed by atoms with van der Waals surface area (Å²) in [5, 5.41) is 14.7. The molecule has 1 fully saturated rings. The average Bonchev–Trinajstić information content (AvgIpc) is 2.47. The molecule has 1 aromatic rings. The molecule has 1 aliphatic rings. The first-order valence-corrected chi connectivity index (χ1v) is 7.37. The molecule has 0 radical (unpaired) electrons. The Hall–Kier alpha value is -2.04. The zero-order chi connectivity index (χ0) is 15.2. The Morgan fingerprint density at radius 1 is 1.14 bits per heavy atom. The standard InChI is InChI=1S/C16H22N2O3/c1-11-2-4-12(5-3-11)10-17-16(21)18-14-8-6-13(7-9-14)15(19)20/h2-5,13-14H,6-10H2,1H3,(H,19,20)(H2,17,18,21). The number of carboxylic acids is 1. The van der Waals surface area contributed by atoms with Crippen molar-refractivity contribution in [3.05, 3.63) is 35.4 Å². The molecule has 5 heteroatoms. The molecule has 114 valence electrons. The van der Waals surface area contributed by atoms with E-state index in [0.29, 0.717) is 19.4 Å². The molecule has 0 aliphatic heterocycles. The van der Waals surface area contributed by atoms with Crippen LogP contribution >= 0.6 is 0 Å². The quantitative estimate of drug-likeness (QED) is 0.797. The summed E-state index contributed by atoms with van der Waals surface area (Å²) >= 11 is 0. The Bertz CT molecular complexity index is 491. The van der Waals surface area contributed by atoms with Crippen molar-refractivity contribution in [2.24, 2.45) is 5.92 Å². The molecule has 1 saturated carbocycles. The SMILES string of the molecule is Cc1ccc(CNC(=O)NC2CCC(C(=O)O)CC2)cc1. The zero-order valence-corrected chi connectivity index (χ0v) is 12.3. The summed E-state index contributed by atoms with van der Waals surface area (Å²) in [5.74, 6) is -0.976. The smallest absolute Gasteiger partial charge is 0.315 e. The van der Waals surface area contributed by atoms with Gasteiger partial charge < -0.3 is 15.7 Å². The van der Waals surface area contributed by atoms with Gasteiger partial charge in [-0.15, -0.1) is 0 Å². The van der Waals surface area contributed by atoms with Gasteiger partial charge in [-0.05, 0) is 38.2 Å². The fourth-order valence-electron chi connectivity index (χ4n) is 2.61. The summed E-state index contributed by atoms with van der Waals surface area (Å²) in [6, 6.07) is 7.92. The summed E-state index contributed by atoms with van der Waals surface area (Å²) in [7, 11) is 0. The van der Waals surface area contributed by atoms with Gasteiger partial charge in [-0.3, -0.25) is 4.79 Å². The van der Waals surface area contributed by atoms with E-state index in [2.05, 4.69) is 10.6 Å². The Balaban J connectivity index is 1.70. The molecule has 21 heavy (non-hydrogen) atoms. The minimum absolute atomic E-state index is 0.0821. The van der Waals surface area contributed by atoms with E-state index in [-0.39, 0.29) is 18.0 Å². The van der Waals surface area contributed by atoms with Gasteiger partial charge >= 0.3 is 12.0 Å². The predicted octanol–water partition coefficient (Wildman–Crippen LogP) is 2.44. The van der Waals surface area contributed by atoms with E-state index in [0.717, 1.165) is 18.4 Å². The van der Waals surface area contributed by atoms with Crippen LogP contribution in [-0.4, -0.2) is 23.1 Å². The van der Waals surface area contributed by atoms with Gasteiger partial charge in [0.25, 0.3) is 0 Å². The number of rotatable bonds is 4. The first-order chi connectivity index (χ1) is 10.0. The van der Waals surface area contributed by atoms with E-state index in [1.54, 1.807) is 0 Å². The number of carbonyl (C=O) groups is 2. The second-order valence-electron chi connectivity index (χ2n) is 5.70. The van der Waals surface area contributed by atoms with Gasteiger partial charge in [0.05, 0.1) is 5.92 Å². The summed E-state index contributed by atoms with van der Waals surface area (Å²) in [4.78, 5) is 22.7. The van der Waals surface area contributed by atoms with Crippen LogP contribution in [0.15, 0.2) is 24.3 Å². The predicted molar refractivity (Wildman–Crippen MR) is 79.9 cm³/mol. The number of aliphatic carboxylic acids is 1. The van der Waals surface area contributed by atoms with Crippen LogP contribution in [0.2, 0.25) is 0 Å². The molecule has 2 rings (SSSR count). The van der Waals surface area contributed by atoms with Crippen LogP contribution in [0.4, 0.5) is 4.79 Å². The maximum Gasteiger partial charge on any atom is 0.315 e. The molecule has 0 heterocycles. The molecule has 1 aromatic carbocycles. The Morgan fingerprint density at radius 3 is 2.33 bits per heavy atom. The number of hydrogen-bond donors (Lipinski definition) is 3.